The van der Waals surface area contributed by atoms with Crippen LogP contribution in [0.2, 0.25) is 0 Å². The average molecular weight is 345 g/mol. The third-order valence-electron chi connectivity index (χ3n) is 3.48. The zero-order valence-corrected chi connectivity index (χ0v) is 15.3. The van der Waals surface area contributed by atoms with Crippen LogP contribution >= 0.6 is 11.8 Å². The third-order valence-corrected chi connectivity index (χ3v) is 5.31. The van der Waals surface area contributed by atoms with Crippen molar-refractivity contribution in [3.63, 3.8) is 0 Å². The standard InChI is InChI=1S/C15H24N2O3S2/c1-11(10-22(5,19)20)17(3)15(18)16-12(2)13-6-8-14(21-4)9-7-13/h6-9,11-12H,10H2,1-5H3,(H,16,18). The molecule has 0 fully saturated rings. The maximum atomic E-state index is 12.2. The van der Waals surface area contributed by atoms with E-state index in [1.807, 2.05) is 37.4 Å². The molecule has 1 N–H and O–H groups in total. The van der Waals surface area contributed by atoms with Gasteiger partial charge in [0.15, 0.2) is 0 Å². The molecule has 0 spiro atoms. The highest BCUT2D eigenvalue weighted by atomic mass is 32.2. The van der Waals surface area contributed by atoms with Crippen LogP contribution in [-0.2, 0) is 9.84 Å². The fraction of sp³-hybridized carbons (Fsp3) is 0.533. The number of carbonyl (C=O) groups is 1. The summed E-state index contributed by atoms with van der Waals surface area (Å²) >= 11 is 1.66. The summed E-state index contributed by atoms with van der Waals surface area (Å²) in [4.78, 5) is 14.8. The maximum Gasteiger partial charge on any atom is 0.317 e. The van der Waals surface area contributed by atoms with E-state index in [4.69, 9.17) is 0 Å². The predicted octanol–water partition coefficient (Wildman–Crippen LogP) is 2.54. The largest absolute Gasteiger partial charge is 0.331 e. The van der Waals surface area contributed by atoms with E-state index in [0.717, 1.165) is 5.56 Å². The zero-order valence-electron chi connectivity index (χ0n) is 13.7. The molecule has 0 aliphatic heterocycles. The minimum Gasteiger partial charge on any atom is -0.331 e. The number of rotatable bonds is 6. The van der Waals surface area contributed by atoms with Gasteiger partial charge < -0.3 is 10.2 Å². The lowest BCUT2D eigenvalue weighted by atomic mass is 10.1. The lowest BCUT2D eigenvalue weighted by Gasteiger charge is -2.26. The Morgan fingerprint density at radius 1 is 1.27 bits per heavy atom. The first-order chi connectivity index (χ1) is 10.1. The lowest BCUT2D eigenvalue weighted by Crippen LogP contribution is -2.45. The van der Waals surface area contributed by atoms with Crippen molar-refractivity contribution < 1.29 is 13.2 Å². The van der Waals surface area contributed by atoms with Gasteiger partial charge in [0.2, 0.25) is 0 Å². The van der Waals surface area contributed by atoms with Crippen molar-refractivity contribution in [2.75, 3.05) is 25.3 Å². The molecule has 0 aliphatic rings. The minimum atomic E-state index is -3.11. The topological polar surface area (TPSA) is 66.5 Å². The molecule has 0 saturated heterocycles. The van der Waals surface area contributed by atoms with Crippen LogP contribution < -0.4 is 5.32 Å². The summed E-state index contributed by atoms with van der Waals surface area (Å²) in [5.74, 6) is -0.0479. The van der Waals surface area contributed by atoms with Crippen LogP contribution in [0.4, 0.5) is 4.79 Å². The molecule has 0 aliphatic carbocycles. The summed E-state index contributed by atoms with van der Waals surface area (Å²) in [6.45, 7) is 3.62. The first kappa shape index (κ1) is 18.8. The van der Waals surface area contributed by atoms with Gasteiger partial charge in [-0.25, -0.2) is 13.2 Å². The fourth-order valence-electron chi connectivity index (χ4n) is 2.01. The molecule has 1 rings (SSSR count). The van der Waals surface area contributed by atoms with Crippen LogP contribution in [0.3, 0.4) is 0 Å². The summed E-state index contributed by atoms with van der Waals surface area (Å²) in [7, 11) is -1.51. The Hall–Kier alpha value is -1.21. The Morgan fingerprint density at radius 3 is 2.27 bits per heavy atom. The van der Waals surface area contributed by atoms with Gasteiger partial charge in [-0.3, -0.25) is 0 Å². The molecule has 2 amide bonds. The number of nitrogens with zero attached hydrogens (tertiary/aromatic N) is 1. The van der Waals surface area contributed by atoms with Gasteiger partial charge in [-0.2, -0.15) is 0 Å². The lowest BCUT2D eigenvalue weighted by molar-refractivity contribution is 0.195. The molecule has 5 nitrogen and oxygen atoms in total. The molecule has 1 aromatic rings. The van der Waals surface area contributed by atoms with E-state index in [0.29, 0.717) is 0 Å². The molecule has 2 atom stereocenters. The Kier molecular flexibility index (Phi) is 6.74. The Morgan fingerprint density at radius 2 is 1.82 bits per heavy atom. The monoisotopic (exact) mass is 344 g/mol. The third kappa shape index (κ3) is 5.88. The van der Waals surface area contributed by atoms with Gasteiger partial charge in [-0.15, -0.1) is 11.8 Å². The normalized spacial score (nSPS) is 14.2. The van der Waals surface area contributed by atoms with E-state index in [9.17, 15) is 13.2 Å². The highest BCUT2D eigenvalue weighted by Crippen LogP contribution is 2.19. The van der Waals surface area contributed by atoms with E-state index in [2.05, 4.69) is 5.32 Å². The molecule has 124 valence electrons. The van der Waals surface area contributed by atoms with Crippen molar-refractivity contribution in [2.45, 2.75) is 30.8 Å². The van der Waals surface area contributed by atoms with E-state index in [1.165, 1.54) is 16.1 Å². The number of hydrogen-bond donors (Lipinski definition) is 1. The number of sulfone groups is 1. The predicted molar refractivity (Wildman–Crippen MR) is 92.1 cm³/mol. The summed E-state index contributed by atoms with van der Waals surface area (Å²) < 4.78 is 22.6. The van der Waals surface area contributed by atoms with E-state index < -0.39 is 9.84 Å². The van der Waals surface area contributed by atoms with Crippen LogP contribution in [-0.4, -0.2) is 50.7 Å². The van der Waals surface area contributed by atoms with Gasteiger partial charge in [0.25, 0.3) is 0 Å². The molecule has 2 unspecified atom stereocenters. The van der Waals surface area contributed by atoms with Crippen molar-refractivity contribution in [1.82, 2.24) is 10.2 Å². The summed E-state index contributed by atoms with van der Waals surface area (Å²) in [5, 5.41) is 2.89. The van der Waals surface area contributed by atoms with Gasteiger partial charge in [0.05, 0.1) is 11.8 Å². The van der Waals surface area contributed by atoms with E-state index in [1.54, 1.807) is 25.7 Å². The number of benzene rings is 1. The first-order valence-corrected chi connectivity index (χ1v) is 10.3. The molecule has 0 radical (unpaired) electrons. The van der Waals surface area contributed by atoms with Crippen LogP contribution in [0.25, 0.3) is 0 Å². The van der Waals surface area contributed by atoms with Crippen molar-refractivity contribution in [3.8, 4) is 0 Å². The van der Waals surface area contributed by atoms with Crippen LogP contribution in [0, 0.1) is 0 Å². The number of nitrogens with one attached hydrogen (secondary N) is 1. The summed E-state index contributed by atoms with van der Waals surface area (Å²) in [6.07, 6.45) is 3.18. The van der Waals surface area contributed by atoms with E-state index >= 15 is 0 Å². The second kappa shape index (κ2) is 7.87. The maximum absolute atomic E-state index is 12.2. The molecule has 7 heteroatoms. The summed E-state index contributed by atoms with van der Waals surface area (Å²) in [5.41, 5.74) is 1.01. The highest BCUT2D eigenvalue weighted by molar-refractivity contribution is 7.98. The molecular weight excluding hydrogens is 320 g/mol. The SMILES string of the molecule is CSc1ccc(C(C)NC(=O)N(C)C(C)CS(C)(=O)=O)cc1. The van der Waals surface area contributed by atoms with Crippen molar-refractivity contribution in [1.29, 1.82) is 0 Å². The molecule has 0 heterocycles. The van der Waals surface area contributed by atoms with Gasteiger partial charge in [0.1, 0.15) is 9.84 Å². The fourth-order valence-corrected chi connectivity index (χ4v) is 3.52. The minimum absolute atomic E-state index is 0.0479. The quantitative estimate of drug-likeness (QED) is 0.806. The molecule has 0 saturated carbocycles. The Labute approximate surface area is 137 Å². The Bertz CT molecular complexity index is 600. The van der Waals surface area contributed by atoms with Crippen molar-refractivity contribution in [2.24, 2.45) is 0 Å². The van der Waals surface area contributed by atoms with Gasteiger partial charge >= 0.3 is 6.03 Å². The van der Waals surface area contributed by atoms with Gasteiger partial charge in [0, 0.05) is 24.2 Å². The van der Waals surface area contributed by atoms with Crippen LogP contribution in [0.15, 0.2) is 29.2 Å². The number of amides is 2. The Balaban J connectivity index is 2.66. The first-order valence-electron chi connectivity index (χ1n) is 6.99. The molecule has 22 heavy (non-hydrogen) atoms. The zero-order chi connectivity index (χ0) is 16.9. The second-order valence-electron chi connectivity index (χ2n) is 5.50. The molecule has 0 aromatic heterocycles. The molecule has 0 bridgehead atoms. The number of thioether (sulfide) groups is 1. The van der Waals surface area contributed by atoms with Crippen molar-refractivity contribution >= 4 is 27.6 Å². The van der Waals surface area contributed by atoms with Crippen LogP contribution in [0.1, 0.15) is 25.5 Å². The van der Waals surface area contributed by atoms with Crippen LogP contribution in [0.5, 0.6) is 0 Å². The summed E-state index contributed by atoms with van der Waals surface area (Å²) in [6, 6.07) is 7.19. The van der Waals surface area contributed by atoms with E-state index in [-0.39, 0.29) is 23.9 Å². The average Bonchev–Trinajstić information content (AvgIpc) is 2.44. The van der Waals surface area contributed by atoms with Gasteiger partial charge in [-0.05, 0) is 37.8 Å². The second-order valence-corrected chi connectivity index (χ2v) is 8.56. The molecule has 1 aromatic carbocycles. The smallest absolute Gasteiger partial charge is 0.317 e. The number of urea groups is 1. The van der Waals surface area contributed by atoms with Crippen molar-refractivity contribution in [3.05, 3.63) is 29.8 Å². The van der Waals surface area contributed by atoms with Gasteiger partial charge in [-0.1, -0.05) is 12.1 Å². The molecular formula is C15H24N2O3S2. The highest BCUT2D eigenvalue weighted by Gasteiger charge is 2.21. The number of carbonyl (C=O) groups excluding carboxylic acids is 1. The number of hydrogen-bond acceptors (Lipinski definition) is 4.